The molecule has 0 bridgehead atoms. The van der Waals surface area contributed by atoms with Gasteiger partial charge in [0.1, 0.15) is 0 Å². The normalized spacial score (nSPS) is 43.5. The van der Waals surface area contributed by atoms with E-state index in [1.807, 2.05) is 26.2 Å². The summed E-state index contributed by atoms with van der Waals surface area (Å²) in [5.74, 6) is 1.15. The fourth-order valence-corrected chi connectivity index (χ4v) is 3.80. The zero-order valence-corrected chi connectivity index (χ0v) is 30.1. The van der Waals surface area contributed by atoms with Gasteiger partial charge < -0.3 is 54.2 Å². The van der Waals surface area contributed by atoms with E-state index in [-0.39, 0.29) is 133 Å². The van der Waals surface area contributed by atoms with Gasteiger partial charge in [-0.05, 0) is 6.92 Å². The second-order valence-electron chi connectivity index (χ2n) is 9.09. The molecular weight excluding hydrogens is 635 g/mol. The van der Waals surface area contributed by atoms with Crippen LogP contribution in [0.2, 0.25) is 0 Å². The Hall–Kier alpha value is 3.39. The van der Waals surface area contributed by atoms with Crippen molar-refractivity contribution in [1.82, 2.24) is 0 Å². The quantitative estimate of drug-likeness (QED) is 0.335. The van der Waals surface area contributed by atoms with Crippen molar-refractivity contribution in [2.75, 3.05) is 0 Å². The number of rotatable bonds is 3. The maximum absolute atomic E-state index is 5.57. The van der Waals surface area contributed by atoms with Crippen LogP contribution in [-0.2, 0) is 112 Å². The van der Waals surface area contributed by atoms with Crippen LogP contribution in [-0.4, -0.2) is 58.4 Å². The van der Waals surface area contributed by atoms with Crippen LogP contribution in [0.25, 0.3) is 0 Å². The molecule has 0 aromatic rings. The third-order valence-corrected chi connectivity index (χ3v) is 6.90. The fourth-order valence-electron chi connectivity index (χ4n) is 3.80. The average Bonchev–Trinajstić information content (AvgIpc) is 3.20. The van der Waals surface area contributed by atoms with E-state index in [0.717, 1.165) is 19.3 Å². The van der Waals surface area contributed by atoms with Crippen LogP contribution >= 0.6 is 0 Å². The van der Waals surface area contributed by atoms with Gasteiger partial charge in [0, 0.05) is 104 Å². The summed E-state index contributed by atoms with van der Waals surface area (Å²) in [6.45, 7) is 24.3. The molecule has 3 unspecified atom stereocenters. The largest absolute Gasteiger partial charge is 0.446 e. The first kappa shape index (κ1) is 40.9. The van der Waals surface area contributed by atoms with E-state index in [9.17, 15) is 0 Å². The van der Waals surface area contributed by atoms with Crippen LogP contribution in [0.4, 0.5) is 0 Å². The summed E-state index contributed by atoms with van der Waals surface area (Å²) in [7, 11) is 16.7. The Balaban J connectivity index is -0.000000391. The molecule has 3 saturated heterocycles. The van der Waals surface area contributed by atoms with Crippen LogP contribution < -0.4 is 0 Å². The van der Waals surface area contributed by atoms with E-state index in [4.69, 9.17) is 37.7 Å². The first-order valence-corrected chi connectivity index (χ1v) is 11.1. The van der Waals surface area contributed by atoms with Crippen molar-refractivity contribution in [3.63, 3.8) is 0 Å². The molecule has 177 valence electrons. The van der Waals surface area contributed by atoms with E-state index < -0.39 is 0 Å². The standard InChI is InChI=1S/3C8H13BO.3Y/c3*1-4-8(3)6(2)5-7(9)10-8;;;/h2*5-7H,3-4H2,1-2H3;5-7H,1,4H2,2-3H3;;;/q3*-2;;;/t6-,7+,8?;6-,7-,8?;6-,7+,8?;;;/m010.../s1. The third kappa shape index (κ3) is 12.0. The monoisotopic (exact) mass is 675 g/mol. The first-order valence-electron chi connectivity index (χ1n) is 11.1. The molecule has 0 aliphatic carbocycles. The molecule has 0 amide bonds. The van der Waals surface area contributed by atoms with Crippen LogP contribution in [0, 0.1) is 57.8 Å². The van der Waals surface area contributed by atoms with Gasteiger partial charge in [0.15, 0.2) is 0 Å². The molecule has 0 saturated carbocycles. The summed E-state index contributed by atoms with van der Waals surface area (Å²) in [4.78, 5) is 0. The van der Waals surface area contributed by atoms with Crippen LogP contribution in [0.1, 0.15) is 60.8 Å². The Morgan fingerprint density at radius 2 is 1.00 bits per heavy atom. The minimum absolute atomic E-state index is 0. The molecule has 0 aromatic carbocycles. The Kier molecular flexibility index (Phi) is 22.1. The fraction of sp³-hybridized carbons (Fsp3) is 0.750. The van der Waals surface area contributed by atoms with Gasteiger partial charge in [-0.15, -0.1) is 17.9 Å². The molecule has 0 aromatic heterocycles. The smallest absolute Gasteiger partial charge is 0.0625 e. The zero-order valence-electron chi connectivity index (χ0n) is 21.6. The average molecular weight is 675 g/mol. The molecule has 9 radical (unpaired) electrons. The van der Waals surface area contributed by atoms with Gasteiger partial charge in [-0.25, -0.2) is 0 Å². The van der Waals surface area contributed by atoms with E-state index in [2.05, 4.69) is 55.4 Å². The molecule has 3 aliphatic rings. The molecule has 9 atom stereocenters. The van der Waals surface area contributed by atoms with Crippen molar-refractivity contribution < 1.29 is 112 Å². The van der Waals surface area contributed by atoms with Gasteiger partial charge >= 0.3 is 0 Å². The van der Waals surface area contributed by atoms with Crippen molar-refractivity contribution in [3.8, 4) is 0 Å². The van der Waals surface area contributed by atoms with Gasteiger partial charge in [-0.1, -0.05) is 64.7 Å². The molecule has 3 rings (SSSR count). The predicted molar refractivity (Wildman–Crippen MR) is 127 cm³/mol. The van der Waals surface area contributed by atoms with E-state index in [1.54, 1.807) is 0 Å². The molecule has 0 N–H and O–H groups in total. The van der Waals surface area contributed by atoms with Crippen molar-refractivity contribution in [3.05, 3.63) is 40.0 Å². The Labute approximate surface area is 285 Å². The van der Waals surface area contributed by atoms with Gasteiger partial charge in [0.25, 0.3) is 0 Å². The molecule has 9 heteroatoms. The minimum Gasteiger partial charge on any atom is -0.446 e. The number of hydrogen-bond acceptors (Lipinski definition) is 3. The number of ether oxygens (including phenoxy) is 3. The van der Waals surface area contributed by atoms with Crippen molar-refractivity contribution >= 4 is 23.5 Å². The summed E-state index contributed by atoms with van der Waals surface area (Å²) in [5.41, 5.74) is -0.655. The van der Waals surface area contributed by atoms with Crippen LogP contribution in [0.3, 0.4) is 0 Å². The summed E-state index contributed by atoms with van der Waals surface area (Å²) < 4.78 is 16.3. The zero-order chi connectivity index (χ0) is 23.3. The Bertz CT molecular complexity index is 465. The number of hydrogen-bond donors (Lipinski definition) is 0. The third-order valence-electron chi connectivity index (χ3n) is 6.90. The molecular formula is C24H39B3O3Y3-6. The van der Waals surface area contributed by atoms with Gasteiger partial charge in [-0.2, -0.15) is 18.3 Å². The van der Waals surface area contributed by atoms with Gasteiger partial charge in [-0.3, -0.25) is 0 Å². The maximum Gasteiger partial charge on any atom is 0.0625 e. The minimum atomic E-state index is -0.264. The maximum atomic E-state index is 5.57. The Morgan fingerprint density at radius 3 is 1.12 bits per heavy atom. The van der Waals surface area contributed by atoms with Gasteiger partial charge in [0.2, 0.25) is 0 Å². The first-order chi connectivity index (χ1) is 13.7. The Morgan fingerprint density at radius 1 is 0.697 bits per heavy atom. The summed E-state index contributed by atoms with van der Waals surface area (Å²) >= 11 is 0. The predicted octanol–water partition coefficient (Wildman–Crippen LogP) is 4.00. The molecule has 0 spiro atoms. The topological polar surface area (TPSA) is 27.7 Å². The van der Waals surface area contributed by atoms with Crippen LogP contribution in [0.15, 0.2) is 0 Å². The molecule has 3 fully saturated rings. The second kappa shape index (κ2) is 17.9. The van der Waals surface area contributed by atoms with Crippen molar-refractivity contribution in [1.29, 1.82) is 0 Å². The summed E-state index contributed by atoms with van der Waals surface area (Å²) in [6.07, 6.45) is 8.62. The molecule has 3 aliphatic heterocycles. The second-order valence-corrected chi connectivity index (χ2v) is 9.09. The van der Waals surface area contributed by atoms with Crippen LogP contribution in [0.5, 0.6) is 0 Å². The van der Waals surface area contributed by atoms with E-state index >= 15 is 0 Å². The SMILES string of the molecule is [B][C@H]1[CH-][C@@H](C)C([CH2-])(CC)O1.[B][C@H]1[CH-][C@H](C)C(C)(C[CH2-])O1.[B][C@H]1[CH-][C@H](C)C([CH2-])(CC)O1.[Y].[Y].[Y]. The van der Waals surface area contributed by atoms with E-state index in [1.165, 1.54) is 0 Å². The van der Waals surface area contributed by atoms with E-state index in [0.29, 0.717) is 17.8 Å². The summed E-state index contributed by atoms with van der Waals surface area (Å²) in [6, 6.07) is -0.623. The molecule has 33 heavy (non-hydrogen) atoms. The molecule has 3 nitrogen and oxygen atoms in total. The molecule has 3 heterocycles. The van der Waals surface area contributed by atoms with Gasteiger partial charge in [0.05, 0.1) is 23.5 Å². The summed E-state index contributed by atoms with van der Waals surface area (Å²) in [5, 5.41) is 0. The van der Waals surface area contributed by atoms with Crippen molar-refractivity contribution in [2.45, 2.75) is 95.6 Å². The van der Waals surface area contributed by atoms with Crippen molar-refractivity contribution in [2.24, 2.45) is 17.8 Å².